The summed E-state index contributed by atoms with van der Waals surface area (Å²) in [4.78, 5) is 22.2. The highest BCUT2D eigenvalue weighted by Crippen LogP contribution is 2.22. The Morgan fingerprint density at radius 2 is 1.94 bits per heavy atom. The SMILES string of the molecule is NC(=O)C(N)=CC(=O)c1cc(Cl)ccc1O. The fourth-order valence-electron chi connectivity index (χ4n) is 0.996. The van der Waals surface area contributed by atoms with E-state index in [1.54, 1.807) is 0 Å². The Morgan fingerprint density at radius 3 is 2.50 bits per heavy atom. The van der Waals surface area contributed by atoms with Crippen molar-refractivity contribution in [1.29, 1.82) is 0 Å². The summed E-state index contributed by atoms with van der Waals surface area (Å²) in [6.07, 6.45) is 0.841. The number of ketones is 1. The Bertz CT molecular complexity index is 483. The van der Waals surface area contributed by atoms with Crippen LogP contribution >= 0.6 is 11.6 Å². The number of allylic oxidation sites excluding steroid dienone is 1. The van der Waals surface area contributed by atoms with Gasteiger partial charge in [0.2, 0.25) is 0 Å². The molecule has 0 aliphatic carbocycles. The molecule has 84 valence electrons. The Morgan fingerprint density at radius 1 is 1.31 bits per heavy atom. The molecule has 0 atom stereocenters. The van der Waals surface area contributed by atoms with Gasteiger partial charge >= 0.3 is 0 Å². The molecule has 0 radical (unpaired) electrons. The monoisotopic (exact) mass is 240 g/mol. The Hall–Kier alpha value is -2.01. The van der Waals surface area contributed by atoms with Crippen molar-refractivity contribution in [3.8, 4) is 5.75 Å². The van der Waals surface area contributed by atoms with Gasteiger partial charge in [0.1, 0.15) is 11.4 Å². The fraction of sp³-hybridized carbons (Fsp3) is 0. The van der Waals surface area contributed by atoms with E-state index < -0.39 is 11.7 Å². The molecule has 0 bridgehead atoms. The van der Waals surface area contributed by atoms with E-state index in [0.29, 0.717) is 0 Å². The molecule has 6 heteroatoms. The predicted octanol–water partition coefficient (Wildman–Crippen LogP) is 0.556. The van der Waals surface area contributed by atoms with Crippen molar-refractivity contribution in [3.63, 3.8) is 0 Å². The molecule has 0 heterocycles. The minimum atomic E-state index is -0.908. The third-order valence-electron chi connectivity index (χ3n) is 1.80. The van der Waals surface area contributed by atoms with Gasteiger partial charge in [-0.05, 0) is 18.2 Å². The number of amides is 1. The minimum Gasteiger partial charge on any atom is -0.507 e. The standard InChI is InChI=1S/C10H9ClN2O3/c11-5-1-2-8(14)6(3-5)9(15)4-7(12)10(13)16/h1-4,14H,12H2,(H2,13,16). The van der Waals surface area contributed by atoms with Gasteiger partial charge in [0, 0.05) is 11.1 Å². The summed E-state index contributed by atoms with van der Waals surface area (Å²) in [5.74, 6) is -1.80. The van der Waals surface area contributed by atoms with Crippen LogP contribution in [-0.4, -0.2) is 16.8 Å². The molecule has 0 fully saturated rings. The molecule has 0 aromatic heterocycles. The highest BCUT2D eigenvalue weighted by Gasteiger charge is 2.11. The number of aromatic hydroxyl groups is 1. The number of carbonyl (C=O) groups is 2. The van der Waals surface area contributed by atoms with Crippen LogP contribution in [0.4, 0.5) is 0 Å². The fourth-order valence-corrected chi connectivity index (χ4v) is 1.17. The smallest absolute Gasteiger partial charge is 0.264 e. The maximum absolute atomic E-state index is 11.5. The molecular formula is C10H9ClN2O3. The molecule has 16 heavy (non-hydrogen) atoms. The van der Waals surface area contributed by atoms with Crippen LogP contribution in [0, 0.1) is 0 Å². The van der Waals surface area contributed by atoms with Crippen LogP contribution in [0.5, 0.6) is 5.75 Å². The first kappa shape index (κ1) is 12.1. The number of rotatable bonds is 3. The number of primary amides is 1. The van der Waals surface area contributed by atoms with Crippen LogP contribution < -0.4 is 11.5 Å². The van der Waals surface area contributed by atoms with Gasteiger partial charge in [-0.2, -0.15) is 0 Å². The summed E-state index contributed by atoms with van der Waals surface area (Å²) in [7, 11) is 0. The number of phenols is 1. The van der Waals surface area contributed by atoms with Gasteiger partial charge in [-0.15, -0.1) is 0 Å². The van der Waals surface area contributed by atoms with Crippen molar-refractivity contribution in [1.82, 2.24) is 0 Å². The molecule has 1 aromatic carbocycles. The molecule has 0 saturated heterocycles. The van der Waals surface area contributed by atoms with Crippen molar-refractivity contribution in [2.75, 3.05) is 0 Å². The van der Waals surface area contributed by atoms with Crippen molar-refractivity contribution < 1.29 is 14.7 Å². The maximum atomic E-state index is 11.5. The minimum absolute atomic E-state index is 0.0447. The van der Waals surface area contributed by atoms with E-state index in [0.717, 1.165) is 6.08 Å². The lowest BCUT2D eigenvalue weighted by atomic mass is 10.1. The molecule has 1 amide bonds. The number of phenolic OH excluding ortho intramolecular Hbond substituents is 1. The van der Waals surface area contributed by atoms with E-state index >= 15 is 0 Å². The average molecular weight is 241 g/mol. The van der Waals surface area contributed by atoms with Crippen molar-refractivity contribution in [2.45, 2.75) is 0 Å². The number of halogens is 1. The van der Waals surface area contributed by atoms with Gasteiger partial charge in [0.15, 0.2) is 5.78 Å². The summed E-state index contributed by atoms with van der Waals surface area (Å²) in [5, 5.41) is 9.68. The zero-order valence-electron chi connectivity index (χ0n) is 8.11. The Balaban J connectivity index is 3.10. The van der Waals surface area contributed by atoms with Crippen molar-refractivity contribution in [2.24, 2.45) is 11.5 Å². The summed E-state index contributed by atoms with van der Waals surface area (Å²) >= 11 is 5.65. The molecule has 5 nitrogen and oxygen atoms in total. The highest BCUT2D eigenvalue weighted by atomic mass is 35.5. The van der Waals surface area contributed by atoms with Crippen LogP contribution in [0.15, 0.2) is 30.0 Å². The van der Waals surface area contributed by atoms with Gasteiger partial charge in [-0.1, -0.05) is 11.6 Å². The number of hydrogen-bond donors (Lipinski definition) is 3. The third kappa shape index (κ3) is 2.74. The lowest BCUT2D eigenvalue weighted by Crippen LogP contribution is -2.21. The van der Waals surface area contributed by atoms with E-state index in [4.69, 9.17) is 23.1 Å². The molecule has 0 aliphatic heterocycles. The third-order valence-corrected chi connectivity index (χ3v) is 2.03. The normalized spacial score (nSPS) is 11.2. The molecule has 0 aliphatic rings. The van der Waals surface area contributed by atoms with Gasteiger partial charge in [0.05, 0.1) is 5.56 Å². The maximum Gasteiger partial charge on any atom is 0.264 e. The summed E-state index contributed by atoms with van der Waals surface area (Å²) in [6.45, 7) is 0. The zero-order valence-corrected chi connectivity index (χ0v) is 8.86. The molecule has 0 spiro atoms. The highest BCUT2D eigenvalue weighted by molar-refractivity contribution is 6.31. The topological polar surface area (TPSA) is 106 Å². The van der Waals surface area contributed by atoms with Crippen molar-refractivity contribution in [3.05, 3.63) is 40.6 Å². The van der Waals surface area contributed by atoms with E-state index in [-0.39, 0.29) is 22.0 Å². The largest absolute Gasteiger partial charge is 0.507 e. The van der Waals surface area contributed by atoms with Crippen LogP contribution in [0.2, 0.25) is 5.02 Å². The van der Waals surface area contributed by atoms with Gasteiger partial charge < -0.3 is 16.6 Å². The van der Waals surface area contributed by atoms with Gasteiger partial charge in [-0.3, -0.25) is 9.59 Å². The summed E-state index contributed by atoms with van der Waals surface area (Å²) < 4.78 is 0. The van der Waals surface area contributed by atoms with Gasteiger partial charge in [0.25, 0.3) is 5.91 Å². The summed E-state index contributed by atoms with van der Waals surface area (Å²) in [6, 6.07) is 3.96. The Kier molecular flexibility index (Phi) is 3.52. The molecule has 1 rings (SSSR count). The zero-order chi connectivity index (χ0) is 12.3. The second-order valence-electron chi connectivity index (χ2n) is 2.99. The van der Waals surface area contributed by atoms with Crippen LogP contribution in [0.3, 0.4) is 0 Å². The first-order chi connectivity index (χ1) is 7.41. The number of nitrogens with two attached hydrogens (primary N) is 2. The summed E-state index contributed by atoms with van der Waals surface area (Å²) in [5.41, 5.74) is 9.62. The quantitative estimate of drug-likeness (QED) is 0.530. The first-order valence-corrected chi connectivity index (χ1v) is 4.59. The molecule has 0 unspecified atom stereocenters. The van der Waals surface area contributed by atoms with Crippen LogP contribution in [-0.2, 0) is 4.79 Å². The average Bonchev–Trinajstić information content (AvgIpc) is 2.21. The second-order valence-corrected chi connectivity index (χ2v) is 3.43. The van der Waals surface area contributed by atoms with E-state index in [1.807, 2.05) is 0 Å². The van der Waals surface area contributed by atoms with E-state index in [9.17, 15) is 14.7 Å². The van der Waals surface area contributed by atoms with E-state index in [1.165, 1.54) is 18.2 Å². The second kappa shape index (κ2) is 4.67. The number of benzene rings is 1. The number of carbonyl (C=O) groups excluding carboxylic acids is 2. The van der Waals surface area contributed by atoms with Crippen LogP contribution in [0.25, 0.3) is 0 Å². The van der Waals surface area contributed by atoms with E-state index in [2.05, 4.69) is 0 Å². The predicted molar refractivity (Wildman–Crippen MR) is 58.9 cm³/mol. The van der Waals surface area contributed by atoms with Crippen LogP contribution in [0.1, 0.15) is 10.4 Å². The molecule has 1 aromatic rings. The Labute approximate surface area is 96.3 Å². The van der Waals surface area contributed by atoms with Gasteiger partial charge in [-0.25, -0.2) is 0 Å². The number of hydrogen-bond acceptors (Lipinski definition) is 4. The molecule has 0 saturated carbocycles. The molecule has 5 N–H and O–H groups in total. The lowest BCUT2D eigenvalue weighted by molar-refractivity contribution is -0.114. The lowest BCUT2D eigenvalue weighted by Gasteiger charge is -2.01. The first-order valence-electron chi connectivity index (χ1n) is 4.21. The molecular weight excluding hydrogens is 232 g/mol. The van der Waals surface area contributed by atoms with Crippen molar-refractivity contribution >= 4 is 23.3 Å².